The van der Waals surface area contributed by atoms with Crippen molar-refractivity contribution in [2.24, 2.45) is 5.73 Å². The summed E-state index contributed by atoms with van der Waals surface area (Å²) in [7, 11) is 0. The van der Waals surface area contributed by atoms with E-state index in [-0.39, 0.29) is 6.04 Å². The van der Waals surface area contributed by atoms with Gasteiger partial charge in [-0.1, -0.05) is 33.2 Å². The third-order valence-corrected chi connectivity index (χ3v) is 3.94. The number of rotatable bonds is 3. The highest BCUT2D eigenvalue weighted by atomic mass is 79.9. The molecular formula is C14H17BrN4O. The molecule has 2 aromatic rings. The molecule has 1 fully saturated rings. The summed E-state index contributed by atoms with van der Waals surface area (Å²) in [5.41, 5.74) is 6.93. The third kappa shape index (κ3) is 3.26. The summed E-state index contributed by atoms with van der Waals surface area (Å²) < 4.78 is 6.34. The second kappa shape index (κ2) is 6.03. The Labute approximate surface area is 126 Å². The number of nitrogens with two attached hydrogens (primary N) is 1. The van der Waals surface area contributed by atoms with Crippen LogP contribution in [0.4, 0.5) is 0 Å². The second-order valence-electron chi connectivity index (χ2n) is 5.16. The average molecular weight is 337 g/mol. The van der Waals surface area contributed by atoms with Crippen LogP contribution < -0.4 is 5.73 Å². The van der Waals surface area contributed by atoms with Gasteiger partial charge in [-0.15, -0.1) is 0 Å². The van der Waals surface area contributed by atoms with Crippen molar-refractivity contribution in [2.45, 2.75) is 25.4 Å². The van der Waals surface area contributed by atoms with Crippen molar-refractivity contribution in [3.8, 4) is 11.4 Å². The van der Waals surface area contributed by atoms with Crippen LogP contribution >= 0.6 is 15.9 Å². The Bertz CT molecular complexity index is 586. The fraction of sp³-hybridized carbons (Fsp3) is 0.429. The molecule has 0 amide bonds. The predicted octanol–water partition coefficient (Wildman–Crippen LogP) is 2.42. The SMILES string of the molecule is NC1CCCN(Cc2nc(-c3cccc(Br)c3)no2)C1. The van der Waals surface area contributed by atoms with Crippen LogP contribution in [0.5, 0.6) is 0 Å². The van der Waals surface area contributed by atoms with Crippen LogP contribution in [0.2, 0.25) is 0 Å². The summed E-state index contributed by atoms with van der Waals surface area (Å²) in [6.45, 7) is 2.62. The monoisotopic (exact) mass is 336 g/mol. The number of nitrogens with zero attached hydrogens (tertiary/aromatic N) is 3. The van der Waals surface area contributed by atoms with Gasteiger partial charge in [0.1, 0.15) is 0 Å². The molecule has 1 aromatic heterocycles. The Morgan fingerprint density at radius 2 is 2.35 bits per heavy atom. The van der Waals surface area contributed by atoms with Gasteiger partial charge < -0.3 is 10.3 Å². The van der Waals surface area contributed by atoms with Gasteiger partial charge in [0.15, 0.2) is 0 Å². The van der Waals surface area contributed by atoms with E-state index < -0.39 is 0 Å². The summed E-state index contributed by atoms with van der Waals surface area (Å²) in [6, 6.07) is 8.14. The molecule has 1 atom stereocenters. The molecule has 1 unspecified atom stereocenters. The van der Waals surface area contributed by atoms with Crippen LogP contribution in [0.1, 0.15) is 18.7 Å². The average Bonchev–Trinajstić information content (AvgIpc) is 2.87. The smallest absolute Gasteiger partial charge is 0.241 e. The lowest BCUT2D eigenvalue weighted by molar-refractivity contribution is 0.178. The minimum Gasteiger partial charge on any atom is -0.338 e. The number of aromatic nitrogens is 2. The fourth-order valence-corrected chi connectivity index (χ4v) is 2.89. The molecule has 2 N–H and O–H groups in total. The van der Waals surface area contributed by atoms with Gasteiger partial charge in [-0.2, -0.15) is 4.98 Å². The third-order valence-electron chi connectivity index (χ3n) is 3.45. The van der Waals surface area contributed by atoms with Crippen molar-refractivity contribution in [1.29, 1.82) is 0 Å². The van der Waals surface area contributed by atoms with Gasteiger partial charge in [-0.05, 0) is 31.5 Å². The van der Waals surface area contributed by atoms with Gasteiger partial charge in [-0.25, -0.2) is 0 Å². The Hall–Kier alpha value is -1.24. The zero-order valence-electron chi connectivity index (χ0n) is 11.1. The van der Waals surface area contributed by atoms with Crippen molar-refractivity contribution >= 4 is 15.9 Å². The molecule has 1 saturated heterocycles. The zero-order chi connectivity index (χ0) is 13.9. The fourth-order valence-electron chi connectivity index (χ4n) is 2.49. The molecule has 6 heteroatoms. The van der Waals surface area contributed by atoms with Crippen LogP contribution in [0.15, 0.2) is 33.3 Å². The van der Waals surface area contributed by atoms with Crippen LogP contribution in [-0.2, 0) is 6.54 Å². The van der Waals surface area contributed by atoms with E-state index in [1.807, 2.05) is 24.3 Å². The highest BCUT2D eigenvalue weighted by Crippen LogP contribution is 2.21. The first-order valence-electron chi connectivity index (χ1n) is 6.77. The van der Waals surface area contributed by atoms with Crippen LogP contribution in [0.25, 0.3) is 11.4 Å². The normalized spacial score (nSPS) is 20.2. The van der Waals surface area contributed by atoms with E-state index in [2.05, 4.69) is 31.0 Å². The molecule has 0 spiro atoms. The van der Waals surface area contributed by atoms with E-state index in [9.17, 15) is 0 Å². The summed E-state index contributed by atoms with van der Waals surface area (Å²) >= 11 is 3.44. The number of hydrogen-bond donors (Lipinski definition) is 1. The summed E-state index contributed by atoms with van der Waals surface area (Å²) in [4.78, 5) is 6.73. The summed E-state index contributed by atoms with van der Waals surface area (Å²) in [6.07, 6.45) is 2.23. The van der Waals surface area contributed by atoms with Crippen molar-refractivity contribution < 1.29 is 4.52 Å². The zero-order valence-corrected chi connectivity index (χ0v) is 12.7. The standard InChI is InChI=1S/C14H17BrN4O/c15-11-4-1-3-10(7-11)14-17-13(20-18-14)9-19-6-2-5-12(16)8-19/h1,3-4,7,12H,2,5-6,8-9,16H2. The number of likely N-dealkylation sites (tertiary alicyclic amines) is 1. The Morgan fingerprint density at radius 1 is 1.45 bits per heavy atom. The molecule has 2 heterocycles. The van der Waals surface area contributed by atoms with Crippen molar-refractivity contribution in [3.63, 3.8) is 0 Å². The van der Waals surface area contributed by atoms with Gasteiger partial charge in [0, 0.05) is 22.6 Å². The molecule has 20 heavy (non-hydrogen) atoms. The number of benzene rings is 1. The maximum atomic E-state index is 5.98. The first-order chi connectivity index (χ1) is 9.70. The maximum absolute atomic E-state index is 5.98. The lowest BCUT2D eigenvalue weighted by Gasteiger charge is -2.29. The van der Waals surface area contributed by atoms with Gasteiger partial charge in [0.25, 0.3) is 0 Å². The summed E-state index contributed by atoms with van der Waals surface area (Å²) in [5.74, 6) is 1.27. The summed E-state index contributed by atoms with van der Waals surface area (Å²) in [5, 5.41) is 4.05. The molecule has 0 radical (unpaired) electrons. The van der Waals surface area contributed by atoms with E-state index in [1.165, 1.54) is 0 Å². The van der Waals surface area contributed by atoms with E-state index >= 15 is 0 Å². The molecule has 3 rings (SSSR count). The lowest BCUT2D eigenvalue weighted by Crippen LogP contribution is -2.42. The first-order valence-corrected chi connectivity index (χ1v) is 7.56. The molecule has 0 saturated carbocycles. The van der Waals surface area contributed by atoms with Crippen molar-refractivity contribution in [2.75, 3.05) is 13.1 Å². The topological polar surface area (TPSA) is 68.2 Å². The highest BCUT2D eigenvalue weighted by Gasteiger charge is 2.19. The van der Waals surface area contributed by atoms with Crippen LogP contribution in [0.3, 0.4) is 0 Å². The number of hydrogen-bond acceptors (Lipinski definition) is 5. The number of halogens is 1. The van der Waals surface area contributed by atoms with Gasteiger partial charge >= 0.3 is 0 Å². The molecular weight excluding hydrogens is 320 g/mol. The van der Waals surface area contributed by atoms with E-state index in [0.717, 1.165) is 36.0 Å². The van der Waals surface area contributed by atoms with E-state index in [4.69, 9.17) is 10.3 Å². The largest absolute Gasteiger partial charge is 0.338 e. The predicted molar refractivity (Wildman–Crippen MR) is 79.9 cm³/mol. The van der Waals surface area contributed by atoms with E-state index in [1.54, 1.807) is 0 Å². The second-order valence-corrected chi connectivity index (χ2v) is 6.08. The van der Waals surface area contributed by atoms with Gasteiger partial charge in [0.2, 0.25) is 11.7 Å². The quantitative estimate of drug-likeness (QED) is 0.932. The highest BCUT2D eigenvalue weighted by molar-refractivity contribution is 9.10. The Morgan fingerprint density at radius 3 is 3.15 bits per heavy atom. The van der Waals surface area contributed by atoms with Gasteiger partial charge in [0.05, 0.1) is 6.54 Å². The van der Waals surface area contributed by atoms with Gasteiger partial charge in [-0.3, -0.25) is 4.90 Å². The lowest BCUT2D eigenvalue weighted by atomic mass is 10.1. The Balaban J connectivity index is 1.70. The van der Waals surface area contributed by atoms with Crippen LogP contribution in [-0.4, -0.2) is 34.2 Å². The van der Waals surface area contributed by atoms with Crippen LogP contribution in [0, 0.1) is 0 Å². The Kier molecular flexibility index (Phi) is 4.14. The first kappa shape index (κ1) is 13.7. The number of piperidine rings is 1. The molecule has 0 bridgehead atoms. The van der Waals surface area contributed by atoms with E-state index in [0.29, 0.717) is 18.3 Å². The molecule has 1 aromatic carbocycles. The molecule has 5 nitrogen and oxygen atoms in total. The molecule has 106 valence electrons. The minimum atomic E-state index is 0.260. The molecule has 1 aliphatic heterocycles. The van der Waals surface area contributed by atoms with Crippen molar-refractivity contribution in [1.82, 2.24) is 15.0 Å². The molecule has 1 aliphatic rings. The maximum Gasteiger partial charge on any atom is 0.241 e. The molecule has 0 aliphatic carbocycles. The minimum absolute atomic E-state index is 0.260. The van der Waals surface area contributed by atoms with Crippen molar-refractivity contribution in [3.05, 3.63) is 34.6 Å².